The normalized spacial score (nSPS) is 10.7. The smallest absolute Gasteiger partial charge is 0.160 e. The third-order valence-corrected chi connectivity index (χ3v) is 4.51. The number of hydrogen-bond donors (Lipinski definition) is 0. The van der Waals surface area contributed by atoms with Crippen LogP contribution < -0.4 is 0 Å². The van der Waals surface area contributed by atoms with Crippen LogP contribution in [0.25, 0.3) is 0 Å². The molecule has 0 aromatic carbocycles. The Hall–Kier alpha value is 0.840. The highest BCUT2D eigenvalue weighted by Gasteiger charge is 2.05. The number of hydrogen-bond acceptors (Lipinski definition) is 2. The summed E-state index contributed by atoms with van der Waals surface area (Å²) in [5.41, 5.74) is 1.27. The van der Waals surface area contributed by atoms with Gasteiger partial charge in [-0.25, -0.2) is 4.98 Å². The van der Waals surface area contributed by atoms with Crippen LogP contribution in [0.2, 0.25) is 0 Å². The van der Waals surface area contributed by atoms with Crippen molar-refractivity contribution in [2.75, 3.05) is 0 Å². The van der Waals surface area contributed by atoms with Crippen LogP contribution in [0.4, 0.5) is 0 Å². The predicted octanol–water partition coefficient (Wildman–Crippen LogP) is 4.63. The zero-order valence-electron chi connectivity index (χ0n) is 7.65. The molecule has 1 heterocycles. The van der Waals surface area contributed by atoms with Gasteiger partial charge in [0.25, 0.3) is 0 Å². The molecule has 4 heteroatoms. The van der Waals surface area contributed by atoms with Crippen LogP contribution in [0.3, 0.4) is 0 Å². The second kappa shape index (κ2) is 6.35. The number of aryl methyl sites for hydroxylation is 1. The summed E-state index contributed by atoms with van der Waals surface area (Å²) in [6, 6.07) is 0. The highest BCUT2D eigenvalue weighted by atomic mass is 127. The molecule has 0 saturated carbocycles. The van der Waals surface area contributed by atoms with Crippen LogP contribution in [-0.4, -0.2) is 4.98 Å². The number of thiazole rings is 1. The summed E-state index contributed by atoms with van der Waals surface area (Å²) in [4.78, 5) is 4.44. The molecule has 0 unspecified atom stereocenters. The lowest BCUT2D eigenvalue weighted by atomic mass is 10.1. The Morgan fingerprint density at radius 1 is 1.38 bits per heavy atom. The fourth-order valence-electron chi connectivity index (χ4n) is 1.18. The molecule has 0 N–H and O–H groups in total. The molecule has 0 bridgehead atoms. The van der Waals surface area contributed by atoms with Crippen molar-refractivity contribution in [3.63, 3.8) is 0 Å². The van der Waals surface area contributed by atoms with Crippen LogP contribution in [-0.2, 0) is 6.42 Å². The van der Waals surface area contributed by atoms with E-state index < -0.39 is 0 Å². The SMILES string of the molecule is CCCCCCc1nc(Br)sc1I. The Balaban J connectivity index is 2.32. The fourth-order valence-corrected chi connectivity index (χ4v) is 4.37. The lowest BCUT2D eigenvalue weighted by Gasteiger charge is -1.97. The molecule has 0 atom stereocenters. The minimum atomic E-state index is 1.02. The first-order valence-corrected chi connectivity index (χ1v) is 7.23. The number of aromatic nitrogens is 1. The van der Waals surface area contributed by atoms with Crippen molar-refractivity contribution in [2.24, 2.45) is 0 Å². The minimum absolute atomic E-state index is 1.02. The van der Waals surface area contributed by atoms with Crippen molar-refractivity contribution in [2.45, 2.75) is 39.0 Å². The van der Waals surface area contributed by atoms with Gasteiger partial charge < -0.3 is 0 Å². The number of rotatable bonds is 5. The van der Waals surface area contributed by atoms with E-state index in [4.69, 9.17) is 0 Å². The third kappa shape index (κ3) is 4.25. The maximum Gasteiger partial charge on any atom is 0.160 e. The molecule has 1 aromatic heterocycles. The van der Waals surface area contributed by atoms with Crippen molar-refractivity contribution in [3.05, 3.63) is 12.5 Å². The Labute approximate surface area is 106 Å². The molecule has 0 fully saturated rings. The Kier molecular flexibility index (Phi) is 5.82. The van der Waals surface area contributed by atoms with Gasteiger partial charge in [-0.2, -0.15) is 0 Å². The van der Waals surface area contributed by atoms with E-state index in [1.54, 1.807) is 11.3 Å². The zero-order valence-corrected chi connectivity index (χ0v) is 12.2. The van der Waals surface area contributed by atoms with Gasteiger partial charge >= 0.3 is 0 Å². The van der Waals surface area contributed by atoms with Gasteiger partial charge in [0.05, 0.1) is 8.58 Å². The Bertz CT molecular complexity index is 262. The summed E-state index contributed by atoms with van der Waals surface area (Å²) in [5, 5.41) is 0. The molecule has 0 radical (unpaired) electrons. The van der Waals surface area contributed by atoms with Crippen molar-refractivity contribution >= 4 is 49.9 Å². The summed E-state index contributed by atoms with van der Waals surface area (Å²) >= 11 is 7.50. The van der Waals surface area contributed by atoms with Crippen LogP contribution >= 0.6 is 49.9 Å². The van der Waals surface area contributed by atoms with E-state index in [1.165, 1.54) is 34.3 Å². The van der Waals surface area contributed by atoms with Crippen molar-refractivity contribution < 1.29 is 0 Å². The quantitative estimate of drug-likeness (QED) is 0.541. The molecule has 1 nitrogen and oxygen atoms in total. The standard InChI is InChI=1S/C9H13BrINS/c1-2-3-4-5-6-7-8(11)13-9(10)12-7/h2-6H2,1H3. The molecule has 0 aliphatic heterocycles. The van der Waals surface area contributed by atoms with Crippen molar-refractivity contribution in [1.29, 1.82) is 0 Å². The van der Waals surface area contributed by atoms with Gasteiger partial charge in [0, 0.05) is 0 Å². The van der Waals surface area contributed by atoms with Crippen molar-refractivity contribution in [1.82, 2.24) is 4.98 Å². The lowest BCUT2D eigenvalue weighted by molar-refractivity contribution is 0.661. The van der Waals surface area contributed by atoms with Crippen LogP contribution in [0, 0.1) is 2.88 Å². The maximum atomic E-state index is 4.44. The Morgan fingerprint density at radius 2 is 2.15 bits per heavy atom. The molecule has 74 valence electrons. The molecule has 0 aliphatic rings. The van der Waals surface area contributed by atoms with Gasteiger partial charge in [-0.3, -0.25) is 0 Å². The fraction of sp³-hybridized carbons (Fsp3) is 0.667. The average molecular weight is 374 g/mol. The monoisotopic (exact) mass is 373 g/mol. The van der Waals surface area contributed by atoms with Gasteiger partial charge in [-0.15, -0.1) is 11.3 Å². The topological polar surface area (TPSA) is 12.9 Å². The average Bonchev–Trinajstić information content (AvgIpc) is 2.39. The summed E-state index contributed by atoms with van der Waals surface area (Å²) in [7, 11) is 0. The molecule has 1 rings (SSSR count). The van der Waals surface area contributed by atoms with E-state index in [9.17, 15) is 0 Å². The van der Waals surface area contributed by atoms with E-state index in [1.807, 2.05) is 0 Å². The first-order chi connectivity index (χ1) is 6.24. The molecule has 0 amide bonds. The summed E-state index contributed by atoms with van der Waals surface area (Å²) in [6.45, 7) is 2.24. The van der Waals surface area contributed by atoms with Crippen LogP contribution in [0.5, 0.6) is 0 Å². The predicted molar refractivity (Wildman–Crippen MR) is 70.4 cm³/mol. The van der Waals surface area contributed by atoms with E-state index >= 15 is 0 Å². The number of halogens is 2. The van der Waals surface area contributed by atoms with E-state index in [0.29, 0.717) is 0 Å². The molecular formula is C9H13BrINS. The molecule has 13 heavy (non-hydrogen) atoms. The van der Waals surface area contributed by atoms with Gasteiger partial charge in [-0.05, 0) is 51.4 Å². The molecule has 0 saturated heterocycles. The largest absolute Gasteiger partial charge is 0.233 e. The van der Waals surface area contributed by atoms with Crippen LogP contribution in [0.15, 0.2) is 3.92 Å². The highest BCUT2D eigenvalue weighted by Crippen LogP contribution is 2.25. The van der Waals surface area contributed by atoms with Crippen LogP contribution in [0.1, 0.15) is 38.3 Å². The van der Waals surface area contributed by atoms with E-state index in [0.717, 1.165) is 10.3 Å². The van der Waals surface area contributed by atoms with Gasteiger partial charge in [-0.1, -0.05) is 26.2 Å². The maximum absolute atomic E-state index is 4.44. The minimum Gasteiger partial charge on any atom is -0.233 e. The lowest BCUT2D eigenvalue weighted by Crippen LogP contribution is -1.88. The van der Waals surface area contributed by atoms with Crippen molar-refractivity contribution in [3.8, 4) is 0 Å². The number of unbranched alkanes of at least 4 members (excludes halogenated alkanes) is 3. The zero-order chi connectivity index (χ0) is 9.68. The summed E-state index contributed by atoms with van der Waals surface area (Å²) in [6.07, 6.45) is 6.40. The molecule has 1 aromatic rings. The van der Waals surface area contributed by atoms with E-state index in [-0.39, 0.29) is 0 Å². The van der Waals surface area contributed by atoms with Gasteiger partial charge in [0.15, 0.2) is 3.92 Å². The number of nitrogens with zero attached hydrogens (tertiary/aromatic N) is 1. The van der Waals surface area contributed by atoms with Gasteiger partial charge in [0.2, 0.25) is 0 Å². The molecule has 0 spiro atoms. The summed E-state index contributed by atoms with van der Waals surface area (Å²) in [5.74, 6) is 0. The summed E-state index contributed by atoms with van der Waals surface area (Å²) < 4.78 is 2.35. The van der Waals surface area contributed by atoms with E-state index in [2.05, 4.69) is 50.4 Å². The van der Waals surface area contributed by atoms with Gasteiger partial charge in [0.1, 0.15) is 0 Å². The Morgan fingerprint density at radius 3 is 2.69 bits per heavy atom. The molecule has 0 aliphatic carbocycles. The first-order valence-electron chi connectivity index (χ1n) is 4.54. The second-order valence-corrected chi connectivity index (χ2v) is 7.08. The molecular weight excluding hydrogens is 361 g/mol. The first kappa shape index (κ1) is 11.9. The highest BCUT2D eigenvalue weighted by molar-refractivity contribution is 14.1. The second-order valence-electron chi connectivity index (χ2n) is 3.00. The third-order valence-electron chi connectivity index (χ3n) is 1.89.